The van der Waals surface area contributed by atoms with Crippen LogP contribution in [0.15, 0.2) is 24.3 Å². The zero-order chi connectivity index (χ0) is 48.1. The third-order valence-corrected chi connectivity index (χ3v) is 13.6. The van der Waals surface area contributed by atoms with Crippen molar-refractivity contribution in [3.05, 3.63) is 140 Å². The van der Waals surface area contributed by atoms with E-state index in [1.807, 2.05) is 0 Å². The number of benzene rings is 3. The average molecular weight is 958 g/mol. The molecule has 0 unspecified atom stereocenters. The molecule has 2 saturated carbocycles. The molecule has 1 amide bonds. The highest BCUT2D eigenvalue weighted by molar-refractivity contribution is 5.98. The second kappa shape index (κ2) is 15.1. The molecule has 21 heteroatoms. The van der Waals surface area contributed by atoms with Gasteiger partial charge in [-0.15, -0.1) is 0 Å². The predicted molar refractivity (Wildman–Crippen MR) is 213 cm³/mol. The molecule has 2 aliphatic carbocycles. The van der Waals surface area contributed by atoms with Crippen LogP contribution >= 0.6 is 0 Å². The molecule has 346 valence electrons. The van der Waals surface area contributed by atoms with Crippen LogP contribution in [-0.2, 0) is 4.79 Å². The molecule has 3 aromatic heterocycles. The summed E-state index contributed by atoms with van der Waals surface area (Å²) in [6.45, 7) is 0.296. The monoisotopic (exact) mass is 957 g/mol. The van der Waals surface area contributed by atoms with E-state index in [9.17, 15) is 18.0 Å². The highest BCUT2D eigenvalue weighted by Gasteiger charge is 2.60. The van der Waals surface area contributed by atoms with Crippen molar-refractivity contribution in [2.24, 2.45) is 23.7 Å². The number of halogens is 15. The smallest absolute Gasteiger partial charge is 0.223 e. The number of rotatable bonds is 4. The lowest BCUT2D eigenvalue weighted by Gasteiger charge is -2.20. The van der Waals surface area contributed by atoms with Crippen LogP contribution in [0.3, 0.4) is 0 Å². The second-order valence-electron chi connectivity index (χ2n) is 16.7. The Hall–Kier alpha value is -7.32. The Kier molecular flexibility index (Phi) is 9.60. The van der Waals surface area contributed by atoms with Gasteiger partial charge in [0.2, 0.25) is 23.4 Å². The number of aromatic amines is 2. The van der Waals surface area contributed by atoms with Crippen molar-refractivity contribution in [1.29, 1.82) is 0 Å². The molecule has 3 aromatic carbocycles. The number of carbonyl (C=O) groups excluding carboxylic acids is 1. The molecule has 11 rings (SSSR count). The number of hydrogen-bond acceptors (Lipinski definition) is 3. The van der Waals surface area contributed by atoms with E-state index in [1.54, 1.807) is 0 Å². The van der Waals surface area contributed by atoms with Crippen molar-refractivity contribution in [3.8, 4) is 33.4 Å². The summed E-state index contributed by atoms with van der Waals surface area (Å²) in [6.07, 6.45) is 5.16. The zero-order valence-electron chi connectivity index (χ0n) is 33.6. The summed E-state index contributed by atoms with van der Waals surface area (Å²) < 4.78 is 229. The Labute approximate surface area is 369 Å². The van der Waals surface area contributed by atoms with E-state index in [4.69, 9.17) is 0 Å². The number of carbonyl (C=O) groups is 1. The van der Waals surface area contributed by atoms with Crippen LogP contribution in [0.25, 0.3) is 79.8 Å². The number of nitrogens with zero attached hydrogens (tertiary/aromatic N) is 2. The number of nitrogens with one attached hydrogen (secondary N) is 3. The molecule has 6 heterocycles. The Balaban J connectivity index is 1.36. The average Bonchev–Trinajstić information content (AvgIpc) is 4.20. The van der Waals surface area contributed by atoms with Gasteiger partial charge in [-0.2, -0.15) is 0 Å². The lowest BCUT2D eigenvalue weighted by molar-refractivity contribution is -0.124. The normalized spacial score (nSPS) is 20.3. The maximum absolute atomic E-state index is 16.0. The molecule has 1 saturated heterocycles. The van der Waals surface area contributed by atoms with E-state index in [0.29, 0.717) is 19.4 Å². The van der Waals surface area contributed by atoms with Crippen LogP contribution in [0.2, 0.25) is 0 Å². The van der Waals surface area contributed by atoms with Crippen molar-refractivity contribution in [1.82, 2.24) is 25.3 Å². The van der Waals surface area contributed by atoms with Crippen molar-refractivity contribution < 1.29 is 70.7 Å². The predicted octanol–water partition coefficient (Wildman–Crippen LogP) is 12.2. The van der Waals surface area contributed by atoms with E-state index in [-0.39, 0.29) is 34.5 Å². The first-order valence-electron chi connectivity index (χ1n) is 20.4. The Morgan fingerprint density at radius 2 is 0.691 bits per heavy atom. The Morgan fingerprint density at radius 1 is 0.368 bits per heavy atom. The number of fused-ring (bicyclic) bond motifs is 13. The molecule has 3 fully saturated rings. The first-order chi connectivity index (χ1) is 32.4. The van der Waals surface area contributed by atoms with Gasteiger partial charge in [0.25, 0.3) is 0 Å². The third kappa shape index (κ3) is 5.85. The number of aromatic nitrogens is 4. The maximum Gasteiger partial charge on any atom is 0.223 e. The van der Waals surface area contributed by atoms with Gasteiger partial charge in [0, 0.05) is 56.8 Å². The second-order valence-corrected chi connectivity index (χ2v) is 16.7. The molecular weight excluding hydrogens is 936 g/mol. The first-order valence-corrected chi connectivity index (χ1v) is 20.4. The van der Waals surface area contributed by atoms with E-state index in [0.717, 1.165) is 36.4 Å². The standard InChI is InChI=1S/C47H22F15N5O/c48-32-29(33(49)39(55)44(60)38(32)54)26-17-5-3-15(64-17)25(23-12-1-2-13(23)24-14(12)11-63-47(24)68)16-4-6-18(65-16)27(30-34(50)40(56)45(61)41(57)35(30)51)20-8-10-22(67-20)28(21-9-7-19(26)66-21)31-36(52)42(58)46(62)43(59)37(31)53/h3-10,12-14,23-24,64,67H,1-2,11H2,(H,63,68)/t12-,13-,14+,23+,24+/m1/s1. The quantitative estimate of drug-likeness (QED) is 0.0933. The molecule has 6 aromatic rings. The van der Waals surface area contributed by atoms with Crippen molar-refractivity contribution >= 4 is 52.3 Å². The maximum atomic E-state index is 16.0. The summed E-state index contributed by atoms with van der Waals surface area (Å²) in [7, 11) is 0. The first kappa shape index (κ1) is 43.3. The van der Waals surface area contributed by atoms with Gasteiger partial charge in [0.15, 0.2) is 69.8 Å². The van der Waals surface area contributed by atoms with Gasteiger partial charge in [0.05, 0.1) is 39.5 Å². The number of hydrogen-bond donors (Lipinski definition) is 3. The van der Waals surface area contributed by atoms with Crippen LogP contribution in [0.5, 0.6) is 0 Å². The van der Waals surface area contributed by atoms with Crippen molar-refractivity contribution in [2.75, 3.05) is 6.54 Å². The van der Waals surface area contributed by atoms with Crippen LogP contribution < -0.4 is 5.32 Å². The van der Waals surface area contributed by atoms with Crippen LogP contribution in [0, 0.1) is 111 Å². The number of H-pyrrole nitrogens is 2. The molecule has 3 aliphatic heterocycles. The minimum atomic E-state index is -2.61. The van der Waals surface area contributed by atoms with Gasteiger partial charge in [-0.05, 0) is 85.1 Å². The van der Waals surface area contributed by atoms with Gasteiger partial charge in [-0.25, -0.2) is 75.8 Å². The van der Waals surface area contributed by atoms with Gasteiger partial charge in [0.1, 0.15) is 0 Å². The molecule has 10 bridgehead atoms. The lowest BCUT2D eigenvalue weighted by atomic mass is 9.81. The molecule has 3 N–H and O–H groups in total. The highest BCUT2D eigenvalue weighted by Crippen LogP contribution is 2.62. The molecule has 0 spiro atoms. The SMILES string of the molecule is O=C1NC[C@H]2[C@H]3CC[C@@H]([C@H]12)[C@H]3c1c2nc(c(-c3c(F)c(F)c(F)c(F)c3F)c3ccc([nH]3)c(-c3c(F)c(F)c(F)c(F)c3F)c3nc(c(-c4c(F)c(F)c(F)c(F)c4F)c4ccc1[nH]4)C=C3)C=C2. The van der Waals surface area contributed by atoms with Gasteiger partial charge in [-0.1, -0.05) is 0 Å². The molecule has 5 atom stereocenters. The van der Waals surface area contributed by atoms with Gasteiger partial charge < -0.3 is 15.3 Å². The summed E-state index contributed by atoms with van der Waals surface area (Å²) in [5.41, 5.74) is -11.2. The van der Waals surface area contributed by atoms with Crippen LogP contribution in [0.1, 0.15) is 47.1 Å². The van der Waals surface area contributed by atoms with Crippen molar-refractivity contribution in [2.45, 2.75) is 18.8 Å². The van der Waals surface area contributed by atoms with E-state index in [2.05, 4.69) is 25.3 Å². The summed E-state index contributed by atoms with van der Waals surface area (Å²) >= 11 is 0. The topological polar surface area (TPSA) is 86.5 Å². The van der Waals surface area contributed by atoms with Crippen LogP contribution in [0.4, 0.5) is 65.9 Å². The van der Waals surface area contributed by atoms with E-state index >= 15 is 52.7 Å². The largest absolute Gasteiger partial charge is 0.356 e. The van der Waals surface area contributed by atoms with Crippen LogP contribution in [-0.4, -0.2) is 32.4 Å². The van der Waals surface area contributed by atoms with E-state index < -0.39 is 172 Å². The number of amides is 1. The minimum absolute atomic E-state index is 0.0424. The molecule has 6 nitrogen and oxygen atoms in total. The van der Waals surface area contributed by atoms with Crippen molar-refractivity contribution in [3.63, 3.8) is 0 Å². The van der Waals surface area contributed by atoms with Gasteiger partial charge >= 0.3 is 0 Å². The lowest BCUT2D eigenvalue weighted by Crippen LogP contribution is -2.25. The Bertz CT molecular complexity index is 3410. The van der Waals surface area contributed by atoms with Gasteiger partial charge in [-0.3, -0.25) is 4.79 Å². The summed E-state index contributed by atoms with van der Waals surface area (Å²) in [6, 6.07) is 4.18. The van der Waals surface area contributed by atoms with E-state index in [1.165, 1.54) is 12.1 Å². The third-order valence-electron chi connectivity index (χ3n) is 13.6. The molecular formula is C47H22F15N5O. The minimum Gasteiger partial charge on any atom is -0.356 e. The summed E-state index contributed by atoms with van der Waals surface area (Å²) in [4.78, 5) is 27.4. The fourth-order valence-electron chi connectivity index (χ4n) is 10.8. The fourth-order valence-corrected chi connectivity index (χ4v) is 10.8. The molecule has 0 radical (unpaired) electrons. The Morgan fingerprint density at radius 3 is 1.09 bits per heavy atom. The molecule has 68 heavy (non-hydrogen) atoms. The fraction of sp³-hybridized carbons (Fsp3) is 0.170. The highest BCUT2D eigenvalue weighted by atomic mass is 19.2. The summed E-state index contributed by atoms with van der Waals surface area (Å²) in [5.74, 6) is -38.8. The zero-order valence-corrected chi connectivity index (χ0v) is 33.6. The summed E-state index contributed by atoms with van der Waals surface area (Å²) in [5, 5.41) is 2.85. The molecule has 5 aliphatic rings.